The molecule has 4 N–H and O–H groups in total. The standard InChI is InChI=1S/C29H26FN7O.C26H25N9O.C25H24N6O3/c1-35-28(38)25-26(31-20-7-3-2-4-8-20)36(34-27(25)37-23-11-5-10-22(23)33-29(35)37)17-18-13-15-19(16-14-18)21-9-6-12-24(30)32-21;1-32-25(36)22-23(29-18-6-3-2-4-7-18)33(14-17-10-12-19(13-11-17)34-16-27-15-28-34)31-24(22)35-21-9-5-8-20(21)30-26(32)35;1-29-23(32)20-21(26-17-6-3-2-4-7-17)30(14-15-10-12-16(13-11-15)24(33)34)28-22(20)31-19-9-5-8-18(19)27-25(29)31/h2-4,6-9,12-16,22-23,31H,5,10-11,17H2,1H3;2-4,6-7,10-13,15-16,20-21,29H,5,8-9,14H2,1H3;2-4,6-7,10-13,18-19,26H,5,8-9,14H2,1H3,(H,33,34)/t22-,23+;20-,21+;18-,19+/m111/s1. The van der Waals surface area contributed by atoms with Crippen molar-refractivity contribution in [2.24, 2.45) is 15.0 Å². The Kier molecular flexibility index (Phi) is 16.9. The monoisotopic (exact) mass is 1440 g/mol. The van der Waals surface area contributed by atoms with Gasteiger partial charge in [0.15, 0.2) is 17.5 Å². The van der Waals surface area contributed by atoms with Gasteiger partial charge in [0.1, 0.15) is 46.8 Å². The van der Waals surface area contributed by atoms with Gasteiger partial charge in [-0.2, -0.15) is 24.8 Å². The van der Waals surface area contributed by atoms with E-state index in [1.54, 1.807) is 80.9 Å². The maximum absolute atomic E-state index is 13.7. The van der Waals surface area contributed by atoms with Gasteiger partial charge in [-0.15, -0.1) is 0 Å². The molecule has 28 heteroatoms. The Bertz CT molecular complexity index is 5400. The maximum atomic E-state index is 13.7. The number of rotatable bonds is 15. The largest absolute Gasteiger partial charge is 0.478 e. The number of carboxylic acids is 1. The smallest absolute Gasteiger partial charge is 0.335 e. The van der Waals surface area contributed by atoms with Crippen LogP contribution in [-0.2, 0) is 19.6 Å². The number of aromatic nitrogens is 10. The summed E-state index contributed by atoms with van der Waals surface area (Å²) < 4.78 is 20.9. The van der Waals surface area contributed by atoms with Crippen LogP contribution in [0.15, 0.2) is 210 Å². The molecule has 27 nitrogen and oxygen atoms in total. The molecule has 108 heavy (non-hydrogen) atoms. The van der Waals surface area contributed by atoms with E-state index < -0.39 is 11.9 Å². The van der Waals surface area contributed by atoms with Gasteiger partial charge in [-0.25, -0.2) is 48.5 Å². The van der Waals surface area contributed by atoms with Gasteiger partial charge in [0.05, 0.1) is 72.8 Å². The zero-order chi connectivity index (χ0) is 73.4. The number of amides is 3. The fraction of sp³-hybridized carbons (Fsp3) is 0.263. The number of carboxylic acid groups (broad SMARTS) is 1. The third kappa shape index (κ3) is 12.0. The first kappa shape index (κ1) is 66.8. The highest BCUT2D eigenvalue weighted by Gasteiger charge is 2.53. The molecule has 0 unspecified atom stereocenters. The topological polar surface area (TPSA) is 278 Å². The summed E-state index contributed by atoms with van der Waals surface area (Å²) in [6, 6.07) is 58.1. The van der Waals surface area contributed by atoms with E-state index in [0.29, 0.717) is 88.8 Å². The van der Waals surface area contributed by atoms with E-state index in [1.165, 1.54) is 12.4 Å². The molecule has 3 fully saturated rings. The van der Waals surface area contributed by atoms with Crippen molar-refractivity contribution in [3.8, 4) is 16.9 Å². The Morgan fingerprint density at radius 1 is 0.463 bits per heavy atom. The van der Waals surface area contributed by atoms with E-state index in [9.17, 15) is 28.7 Å². The SMILES string of the molecule is CN1C(=O)c2c(nn(Cc3ccc(-c4cccc(F)n4)cc3)c2Nc2ccccc2)N2C1=N[C@@H]1CCC[C@@H]12.CN1C(=O)c2c(nn(Cc3ccc(-n4cncn4)cc3)c2Nc2ccccc2)N2C1=N[C@@H]1CCC[C@@H]12.CN1C(=O)c2c(nn(Cc3ccc(C(=O)O)cc3)c2Nc2ccccc2)N2C1=N[C@@H]1CCC[C@@H]12. The molecular formula is C80H75FN22O5. The van der Waals surface area contributed by atoms with Crippen LogP contribution in [0, 0.1) is 5.95 Å². The number of nitrogens with one attached hydrogen (secondary N) is 3. The van der Waals surface area contributed by atoms with Crippen molar-refractivity contribution in [3.05, 3.63) is 240 Å². The second kappa shape index (κ2) is 27.4. The number of hydrogen-bond acceptors (Lipinski definition) is 19. The number of halogens is 1. The fourth-order valence-corrected chi connectivity index (χ4v) is 16.3. The van der Waals surface area contributed by atoms with Crippen LogP contribution >= 0.6 is 0 Å². The Morgan fingerprint density at radius 2 is 0.843 bits per heavy atom. The average molecular weight is 1440 g/mol. The molecule has 0 radical (unpaired) electrons. The fourth-order valence-electron chi connectivity index (χ4n) is 16.3. The molecule has 6 atom stereocenters. The molecule has 6 aliphatic heterocycles. The van der Waals surface area contributed by atoms with Gasteiger partial charge in [-0.05, 0) is 147 Å². The number of carbonyl (C=O) groups is 4. The van der Waals surface area contributed by atoms with Crippen LogP contribution in [0.1, 0.15) is 116 Å². The summed E-state index contributed by atoms with van der Waals surface area (Å²) in [7, 11) is 5.37. The molecule has 542 valence electrons. The normalized spacial score (nSPS) is 20.2. The van der Waals surface area contributed by atoms with E-state index >= 15 is 0 Å². The highest BCUT2D eigenvalue weighted by Crippen LogP contribution is 2.47. The molecule has 3 saturated carbocycles. The molecule has 0 saturated heterocycles. The second-order valence-electron chi connectivity index (χ2n) is 28.3. The number of para-hydroxylation sites is 3. The van der Waals surface area contributed by atoms with Gasteiger partial charge in [0.2, 0.25) is 23.8 Å². The predicted molar refractivity (Wildman–Crippen MR) is 408 cm³/mol. The lowest BCUT2D eigenvalue weighted by atomic mass is 10.1. The second-order valence-corrected chi connectivity index (χ2v) is 28.3. The number of pyridine rings is 1. The summed E-state index contributed by atoms with van der Waals surface area (Å²) in [6.45, 7) is 1.34. The van der Waals surface area contributed by atoms with Crippen LogP contribution in [0.3, 0.4) is 0 Å². The molecule has 0 spiro atoms. The Labute approximate surface area is 620 Å². The Morgan fingerprint density at radius 3 is 1.20 bits per heavy atom. The molecule has 9 aliphatic rings. The average Bonchev–Trinajstić information content (AvgIpc) is 1.57. The van der Waals surface area contributed by atoms with Crippen LogP contribution in [0.25, 0.3) is 16.9 Å². The van der Waals surface area contributed by atoms with Crippen molar-refractivity contribution < 1.29 is 28.7 Å². The van der Waals surface area contributed by atoms with Gasteiger partial charge in [0, 0.05) is 43.8 Å². The van der Waals surface area contributed by atoms with Crippen molar-refractivity contribution in [2.45, 2.75) is 114 Å². The number of hydrogen-bond donors (Lipinski definition) is 4. The first-order valence-electron chi connectivity index (χ1n) is 36.5. The number of guanidine groups is 3. The van der Waals surface area contributed by atoms with Crippen LogP contribution in [0.5, 0.6) is 0 Å². The zero-order valence-electron chi connectivity index (χ0n) is 59.4. The third-order valence-corrected chi connectivity index (χ3v) is 21.7. The van der Waals surface area contributed by atoms with Crippen LogP contribution in [0.4, 0.5) is 56.4 Å². The van der Waals surface area contributed by atoms with Gasteiger partial charge in [0.25, 0.3) is 17.7 Å². The molecule has 11 aromatic rings. The minimum atomic E-state index is -0.965. The quantitative estimate of drug-likeness (QED) is 0.0694. The number of anilines is 9. The zero-order valence-corrected chi connectivity index (χ0v) is 59.4. The summed E-state index contributed by atoms with van der Waals surface area (Å²) in [5.41, 5.74) is 9.82. The minimum absolute atomic E-state index is 0.0915. The summed E-state index contributed by atoms with van der Waals surface area (Å²) in [5.74, 6) is 4.22. The molecule has 6 aromatic carbocycles. The van der Waals surface area contributed by atoms with Gasteiger partial charge < -0.3 is 21.1 Å². The van der Waals surface area contributed by atoms with E-state index in [1.807, 2.05) is 156 Å². The number of fused-ring (bicyclic) bond motifs is 15. The molecule has 20 rings (SSSR count). The number of benzene rings is 6. The summed E-state index contributed by atoms with van der Waals surface area (Å²) in [4.78, 5) is 86.2. The van der Waals surface area contributed by atoms with Gasteiger partial charge >= 0.3 is 5.97 Å². The summed E-state index contributed by atoms with van der Waals surface area (Å²) >= 11 is 0. The van der Waals surface area contributed by atoms with E-state index in [-0.39, 0.29) is 59.5 Å². The lowest BCUT2D eigenvalue weighted by Crippen LogP contribution is -2.51. The highest BCUT2D eigenvalue weighted by atomic mass is 19.1. The lowest BCUT2D eigenvalue weighted by Gasteiger charge is -2.34. The van der Waals surface area contributed by atoms with Crippen molar-refractivity contribution in [2.75, 3.05) is 51.8 Å². The van der Waals surface area contributed by atoms with Crippen molar-refractivity contribution in [1.82, 2.24) is 63.8 Å². The maximum Gasteiger partial charge on any atom is 0.335 e. The van der Waals surface area contributed by atoms with Gasteiger partial charge in [-0.1, -0.05) is 109 Å². The lowest BCUT2D eigenvalue weighted by molar-refractivity contribution is 0.0695. The number of nitrogens with zero attached hydrogens (tertiary/aromatic N) is 19. The first-order chi connectivity index (χ1) is 52.7. The predicted octanol–water partition coefficient (Wildman–Crippen LogP) is 12.1. The van der Waals surface area contributed by atoms with Crippen LogP contribution in [-0.4, -0.2) is 168 Å². The Hall–Kier alpha value is -13.1. The number of carbonyl (C=O) groups excluding carboxylic acids is 3. The first-order valence-corrected chi connectivity index (χ1v) is 36.5. The third-order valence-electron chi connectivity index (χ3n) is 21.7. The Balaban J connectivity index is 0.000000114. The number of aromatic carboxylic acids is 1. The number of aliphatic imine (C=N–C) groups is 3. The van der Waals surface area contributed by atoms with Crippen molar-refractivity contribution in [3.63, 3.8) is 0 Å². The van der Waals surface area contributed by atoms with E-state index in [4.69, 9.17) is 30.3 Å². The molecule has 5 aromatic heterocycles. The molecule has 0 bridgehead atoms. The highest BCUT2D eigenvalue weighted by molar-refractivity contribution is 6.23. The van der Waals surface area contributed by atoms with E-state index in [2.05, 4.69) is 45.7 Å². The summed E-state index contributed by atoms with van der Waals surface area (Å²) in [6.07, 6.45) is 12.8. The molecule has 11 heterocycles. The van der Waals surface area contributed by atoms with E-state index in [0.717, 1.165) is 109 Å². The molecule has 3 aliphatic carbocycles. The van der Waals surface area contributed by atoms with Gasteiger partial charge in [-0.3, -0.25) is 43.8 Å². The van der Waals surface area contributed by atoms with Crippen molar-refractivity contribution in [1.29, 1.82) is 0 Å². The van der Waals surface area contributed by atoms with Crippen LogP contribution < -0.4 is 30.7 Å². The van der Waals surface area contributed by atoms with Crippen LogP contribution in [0.2, 0.25) is 0 Å². The minimum Gasteiger partial charge on any atom is -0.478 e. The molecule has 3 amide bonds. The summed E-state index contributed by atoms with van der Waals surface area (Å²) in [5, 5.41) is 38.7. The molecular weight excluding hydrogens is 1370 g/mol. The van der Waals surface area contributed by atoms with Crippen molar-refractivity contribution >= 4 is 93.5 Å².